The third kappa shape index (κ3) is 4.92. The SMILES string of the molecule is CC(C)(C)OC(=O)NNc1cccc(Br)c1C(F)(F)F. The highest BCUT2D eigenvalue weighted by Crippen LogP contribution is 2.39. The highest BCUT2D eigenvalue weighted by atomic mass is 79.9. The van der Waals surface area contributed by atoms with Crippen LogP contribution in [0.5, 0.6) is 0 Å². The Labute approximate surface area is 122 Å². The van der Waals surface area contributed by atoms with Gasteiger partial charge < -0.3 is 4.74 Å². The van der Waals surface area contributed by atoms with E-state index in [9.17, 15) is 18.0 Å². The average Bonchev–Trinajstić information content (AvgIpc) is 2.22. The molecule has 0 aliphatic carbocycles. The standard InChI is InChI=1S/C12H14BrF3N2O2/c1-11(2,3)20-10(19)18-17-8-6-4-5-7(13)9(8)12(14,15)16/h4-6,17H,1-3H3,(H,18,19). The van der Waals surface area contributed by atoms with Gasteiger partial charge in [0.2, 0.25) is 0 Å². The summed E-state index contributed by atoms with van der Waals surface area (Å²) in [5, 5.41) is 0. The fraction of sp³-hybridized carbons (Fsp3) is 0.417. The second-order valence-electron chi connectivity index (χ2n) is 4.91. The summed E-state index contributed by atoms with van der Waals surface area (Å²) in [6.07, 6.45) is -5.43. The largest absolute Gasteiger partial charge is 0.443 e. The first-order valence-electron chi connectivity index (χ1n) is 5.61. The topological polar surface area (TPSA) is 50.4 Å². The number of carbonyl (C=O) groups is 1. The molecule has 1 amide bonds. The van der Waals surface area contributed by atoms with Crippen molar-refractivity contribution in [3.8, 4) is 0 Å². The second-order valence-corrected chi connectivity index (χ2v) is 5.77. The first-order chi connectivity index (χ1) is 9.00. The lowest BCUT2D eigenvalue weighted by Gasteiger charge is -2.21. The zero-order chi connectivity index (χ0) is 15.6. The van der Waals surface area contributed by atoms with Crippen molar-refractivity contribution in [3.63, 3.8) is 0 Å². The van der Waals surface area contributed by atoms with Crippen molar-refractivity contribution in [3.05, 3.63) is 28.2 Å². The number of ether oxygens (including phenoxy) is 1. The number of nitrogens with one attached hydrogen (secondary N) is 2. The van der Waals surface area contributed by atoms with E-state index in [1.807, 2.05) is 0 Å². The van der Waals surface area contributed by atoms with Gasteiger partial charge in [-0.25, -0.2) is 10.2 Å². The molecule has 1 aromatic rings. The van der Waals surface area contributed by atoms with Gasteiger partial charge in [-0.2, -0.15) is 13.2 Å². The molecule has 0 aliphatic heterocycles. The predicted molar refractivity (Wildman–Crippen MR) is 72.1 cm³/mol. The molecule has 1 aromatic carbocycles. The Bertz CT molecular complexity index is 498. The van der Waals surface area contributed by atoms with Crippen LogP contribution >= 0.6 is 15.9 Å². The molecule has 0 saturated carbocycles. The number of carbonyl (C=O) groups excluding carboxylic acids is 1. The molecule has 1 rings (SSSR count). The Kier molecular flexibility index (Phi) is 4.90. The van der Waals surface area contributed by atoms with Crippen molar-refractivity contribution in [2.45, 2.75) is 32.5 Å². The van der Waals surface area contributed by atoms with E-state index in [1.54, 1.807) is 20.8 Å². The fourth-order valence-corrected chi connectivity index (χ4v) is 1.93. The van der Waals surface area contributed by atoms with Crippen molar-refractivity contribution < 1.29 is 22.7 Å². The molecule has 0 bridgehead atoms. The maximum absolute atomic E-state index is 12.9. The summed E-state index contributed by atoms with van der Waals surface area (Å²) in [7, 11) is 0. The van der Waals surface area contributed by atoms with Crippen molar-refractivity contribution >= 4 is 27.7 Å². The maximum Gasteiger partial charge on any atom is 0.426 e. The predicted octanol–water partition coefficient (Wildman–Crippen LogP) is 4.32. The van der Waals surface area contributed by atoms with E-state index in [-0.39, 0.29) is 10.2 Å². The quantitative estimate of drug-likeness (QED) is 0.777. The minimum absolute atomic E-state index is 0.124. The summed E-state index contributed by atoms with van der Waals surface area (Å²) in [6.45, 7) is 4.94. The number of benzene rings is 1. The molecular formula is C12H14BrF3N2O2. The van der Waals surface area contributed by atoms with Crippen LogP contribution in [0.4, 0.5) is 23.7 Å². The molecule has 8 heteroatoms. The highest BCUT2D eigenvalue weighted by Gasteiger charge is 2.36. The van der Waals surface area contributed by atoms with Gasteiger partial charge in [-0.05, 0) is 32.9 Å². The lowest BCUT2D eigenvalue weighted by atomic mass is 10.2. The van der Waals surface area contributed by atoms with Crippen LogP contribution in [0, 0.1) is 0 Å². The van der Waals surface area contributed by atoms with Crippen LogP contribution in [0.15, 0.2) is 22.7 Å². The molecule has 0 atom stereocenters. The average molecular weight is 355 g/mol. The lowest BCUT2D eigenvalue weighted by molar-refractivity contribution is -0.137. The molecule has 112 valence electrons. The van der Waals surface area contributed by atoms with Crippen LogP contribution in [0.25, 0.3) is 0 Å². The number of hydrogen-bond acceptors (Lipinski definition) is 3. The molecule has 0 fully saturated rings. The number of hydrogen-bond donors (Lipinski definition) is 2. The molecular weight excluding hydrogens is 341 g/mol. The van der Waals surface area contributed by atoms with Gasteiger partial charge in [0, 0.05) is 4.47 Å². The molecule has 0 aliphatic rings. The van der Waals surface area contributed by atoms with Gasteiger partial charge in [-0.15, -0.1) is 0 Å². The lowest BCUT2D eigenvalue weighted by Crippen LogP contribution is -2.36. The Morgan fingerprint density at radius 3 is 2.35 bits per heavy atom. The van der Waals surface area contributed by atoms with Crippen molar-refractivity contribution in [2.24, 2.45) is 0 Å². The summed E-state index contributed by atoms with van der Waals surface area (Å²) in [5.74, 6) is 0. The van der Waals surface area contributed by atoms with Crippen molar-refractivity contribution in [2.75, 3.05) is 5.43 Å². The summed E-state index contributed by atoms with van der Waals surface area (Å²) in [5.41, 5.74) is 2.35. The zero-order valence-electron chi connectivity index (χ0n) is 11.1. The molecule has 0 radical (unpaired) electrons. The van der Waals surface area contributed by atoms with Crippen LogP contribution in [0.1, 0.15) is 26.3 Å². The number of halogens is 4. The zero-order valence-corrected chi connectivity index (χ0v) is 12.6. The van der Waals surface area contributed by atoms with E-state index in [0.717, 1.165) is 0 Å². The van der Waals surface area contributed by atoms with Gasteiger partial charge in [0.25, 0.3) is 0 Å². The molecule has 4 nitrogen and oxygen atoms in total. The van der Waals surface area contributed by atoms with Crippen LogP contribution in [-0.4, -0.2) is 11.7 Å². The summed E-state index contributed by atoms with van der Waals surface area (Å²) in [4.78, 5) is 11.4. The number of alkyl halides is 3. The third-order valence-corrected chi connectivity index (χ3v) is 2.66. The maximum atomic E-state index is 12.9. The van der Waals surface area contributed by atoms with Gasteiger partial charge >= 0.3 is 12.3 Å². The van der Waals surface area contributed by atoms with Crippen LogP contribution in [0.2, 0.25) is 0 Å². The van der Waals surface area contributed by atoms with E-state index >= 15 is 0 Å². The molecule has 2 N–H and O–H groups in total. The molecule has 0 saturated heterocycles. The number of amides is 1. The van der Waals surface area contributed by atoms with Crippen molar-refractivity contribution in [1.82, 2.24) is 5.43 Å². The Hall–Kier alpha value is -1.44. The van der Waals surface area contributed by atoms with Crippen LogP contribution in [0.3, 0.4) is 0 Å². The molecule has 0 aromatic heterocycles. The summed E-state index contributed by atoms with van der Waals surface area (Å²) in [6, 6.07) is 3.88. The normalized spacial score (nSPS) is 11.9. The second kappa shape index (κ2) is 5.90. The minimum Gasteiger partial charge on any atom is -0.443 e. The molecule has 0 spiro atoms. The van der Waals surface area contributed by atoms with Crippen molar-refractivity contribution in [1.29, 1.82) is 0 Å². The smallest absolute Gasteiger partial charge is 0.426 e. The van der Waals surface area contributed by atoms with Gasteiger partial charge in [0.05, 0.1) is 11.3 Å². The number of rotatable bonds is 2. The highest BCUT2D eigenvalue weighted by molar-refractivity contribution is 9.10. The minimum atomic E-state index is -4.56. The van der Waals surface area contributed by atoms with Crippen LogP contribution in [-0.2, 0) is 10.9 Å². The van der Waals surface area contributed by atoms with Gasteiger partial charge in [0.15, 0.2) is 0 Å². The Balaban J connectivity index is 2.84. The molecule has 0 unspecified atom stereocenters. The van der Waals surface area contributed by atoms with Gasteiger partial charge in [-0.1, -0.05) is 22.0 Å². The van der Waals surface area contributed by atoms with E-state index in [4.69, 9.17) is 4.74 Å². The van der Waals surface area contributed by atoms with E-state index < -0.39 is 23.4 Å². The summed E-state index contributed by atoms with van der Waals surface area (Å²) < 4.78 is 43.5. The summed E-state index contributed by atoms with van der Waals surface area (Å²) >= 11 is 2.83. The van der Waals surface area contributed by atoms with Gasteiger partial charge in [0.1, 0.15) is 5.60 Å². The Morgan fingerprint density at radius 2 is 1.85 bits per heavy atom. The van der Waals surface area contributed by atoms with Crippen LogP contribution < -0.4 is 10.9 Å². The van der Waals surface area contributed by atoms with E-state index in [0.29, 0.717) is 0 Å². The first-order valence-corrected chi connectivity index (χ1v) is 6.41. The number of anilines is 1. The van der Waals surface area contributed by atoms with E-state index in [2.05, 4.69) is 26.8 Å². The third-order valence-electron chi connectivity index (χ3n) is 2.00. The van der Waals surface area contributed by atoms with Gasteiger partial charge in [-0.3, -0.25) is 5.43 Å². The molecule has 0 heterocycles. The Morgan fingerprint density at radius 1 is 1.25 bits per heavy atom. The number of hydrazine groups is 1. The monoisotopic (exact) mass is 354 g/mol. The van der Waals surface area contributed by atoms with E-state index in [1.165, 1.54) is 18.2 Å². The fourth-order valence-electron chi connectivity index (χ4n) is 1.34. The first kappa shape index (κ1) is 16.6. The molecule has 20 heavy (non-hydrogen) atoms.